The van der Waals surface area contributed by atoms with Gasteiger partial charge in [-0.05, 0) is 40.6 Å². The van der Waals surface area contributed by atoms with Crippen molar-refractivity contribution in [1.82, 2.24) is 5.32 Å². The molecule has 0 aliphatic rings. The predicted molar refractivity (Wildman–Crippen MR) is 98.0 cm³/mol. The van der Waals surface area contributed by atoms with Crippen LogP contribution in [-0.2, 0) is 17.4 Å². The number of benzene rings is 3. The highest BCUT2D eigenvalue weighted by molar-refractivity contribution is 5.97. The maximum atomic E-state index is 12.6. The SMILES string of the molecule is O=C(N[C@@H](Cc1cccc2ccccc12)C(=O)O)c1ccc(C(F)(F)F)cc1. The zero-order chi connectivity index (χ0) is 20.3. The molecule has 7 heteroatoms. The summed E-state index contributed by atoms with van der Waals surface area (Å²) in [4.78, 5) is 23.9. The highest BCUT2D eigenvalue weighted by atomic mass is 19.4. The van der Waals surface area contributed by atoms with Crippen LogP contribution < -0.4 is 5.32 Å². The number of halogens is 3. The number of carboxylic acid groups (broad SMARTS) is 1. The Morgan fingerprint density at radius 2 is 1.57 bits per heavy atom. The standard InChI is InChI=1S/C21H16F3NO3/c22-21(23,24)16-10-8-14(9-11-16)19(26)25-18(20(27)28)12-15-6-3-5-13-4-1-2-7-17(13)15/h1-11,18H,12H2,(H,25,26)(H,27,28)/t18-/m0/s1. The number of amides is 1. The van der Waals surface area contributed by atoms with Gasteiger partial charge in [-0.15, -0.1) is 0 Å². The van der Waals surface area contributed by atoms with E-state index in [-0.39, 0.29) is 12.0 Å². The lowest BCUT2D eigenvalue weighted by atomic mass is 9.98. The Morgan fingerprint density at radius 1 is 0.929 bits per heavy atom. The second-order valence-corrected chi connectivity index (χ2v) is 6.28. The topological polar surface area (TPSA) is 66.4 Å². The Bertz CT molecular complexity index is 1010. The molecule has 1 amide bonds. The molecule has 0 aliphatic carbocycles. The van der Waals surface area contributed by atoms with Gasteiger partial charge in [0.25, 0.3) is 5.91 Å². The van der Waals surface area contributed by atoms with Crippen LogP contribution in [0.4, 0.5) is 13.2 Å². The second kappa shape index (κ2) is 7.72. The van der Waals surface area contributed by atoms with Crippen molar-refractivity contribution in [2.24, 2.45) is 0 Å². The van der Waals surface area contributed by atoms with Gasteiger partial charge in [-0.1, -0.05) is 42.5 Å². The van der Waals surface area contributed by atoms with Crippen molar-refractivity contribution in [3.8, 4) is 0 Å². The number of nitrogens with one attached hydrogen (secondary N) is 1. The first-order valence-electron chi connectivity index (χ1n) is 8.43. The smallest absolute Gasteiger partial charge is 0.416 e. The van der Waals surface area contributed by atoms with Gasteiger partial charge in [0.1, 0.15) is 6.04 Å². The average Bonchev–Trinajstić information content (AvgIpc) is 2.67. The Morgan fingerprint density at radius 3 is 2.21 bits per heavy atom. The van der Waals surface area contributed by atoms with Gasteiger partial charge in [0.2, 0.25) is 0 Å². The fraction of sp³-hybridized carbons (Fsp3) is 0.143. The first kappa shape index (κ1) is 19.4. The summed E-state index contributed by atoms with van der Waals surface area (Å²) >= 11 is 0. The fourth-order valence-corrected chi connectivity index (χ4v) is 2.94. The van der Waals surface area contributed by atoms with E-state index in [4.69, 9.17) is 0 Å². The third-order valence-corrected chi connectivity index (χ3v) is 4.38. The zero-order valence-electron chi connectivity index (χ0n) is 14.5. The van der Waals surface area contributed by atoms with Gasteiger partial charge in [-0.2, -0.15) is 13.2 Å². The Kier molecular flexibility index (Phi) is 5.35. The number of hydrogen-bond acceptors (Lipinski definition) is 2. The first-order chi connectivity index (χ1) is 13.3. The largest absolute Gasteiger partial charge is 0.480 e. The second-order valence-electron chi connectivity index (χ2n) is 6.28. The highest BCUT2D eigenvalue weighted by Crippen LogP contribution is 2.29. The molecule has 4 nitrogen and oxygen atoms in total. The number of fused-ring (bicyclic) bond motifs is 1. The van der Waals surface area contributed by atoms with Gasteiger partial charge in [-0.3, -0.25) is 4.79 Å². The molecule has 0 radical (unpaired) electrons. The summed E-state index contributed by atoms with van der Waals surface area (Å²) in [6.45, 7) is 0. The third kappa shape index (κ3) is 4.31. The van der Waals surface area contributed by atoms with E-state index < -0.39 is 29.7 Å². The van der Waals surface area contributed by atoms with Gasteiger partial charge in [0.15, 0.2) is 0 Å². The Balaban J connectivity index is 1.79. The van der Waals surface area contributed by atoms with Crippen LogP contribution in [0.25, 0.3) is 10.8 Å². The molecular weight excluding hydrogens is 371 g/mol. The van der Waals surface area contributed by atoms with Crippen LogP contribution in [0.1, 0.15) is 21.5 Å². The van der Waals surface area contributed by atoms with Crippen molar-refractivity contribution in [2.45, 2.75) is 18.6 Å². The lowest BCUT2D eigenvalue weighted by Crippen LogP contribution is -2.42. The minimum absolute atomic E-state index is 0.0443. The molecule has 2 N–H and O–H groups in total. The van der Waals surface area contributed by atoms with Crippen molar-refractivity contribution in [3.05, 3.63) is 83.4 Å². The highest BCUT2D eigenvalue weighted by Gasteiger charge is 2.30. The van der Waals surface area contributed by atoms with E-state index in [2.05, 4.69) is 5.32 Å². The molecule has 0 bridgehead atoms. The van der Waals surface area contributed by atoms with Crippen LogP contribution in [0, 0.1) is 0 Å². The molecule has 1 atom stereocenters. The monoisotopic (exact) mass is 387 g/mol. The molecule has 3 rings (SSSR count). The maximum Gasteiger partial charge on any atom is 0.416 e. The number of carbonyl (C=O) groups is 2. The number of rotatable bonds is 5. The molecule has 0 saturated heterocycles. The summed E-state index contributed by atoms with van der Waals surface area (Å²) in [7, 11) is 0. The van der Waals surface area contributed by atoms with Gasteiger partial charge < -0.3 is 10.4 Å². The van der Waals surface area contributed by atoms with E-state index in [0.717, 1.165) is 40.6 Å². The molecule has 0 fully saturated rings. The Labute approximate surface area is 158 Å². The number of carboxylic acids is 1. The molecule has 28 heavy (non-hydrogen) atoms. The van der Waals surface area contributed by atoms with E-state index in [1.165, 1.54) is 0 Å². The fourth-order valence-electron chi connectivity index (χ4n) is 2.94. The molecule has 0 aromatic heterocycles. The van der Waals surface area contributed by atoms with Gasteiger partial charge in [0.05, 0.1) is 5.56 Å². The van der Waals surface area contributed by atoms with Crippen molar-refractivity contribution >= 4 is 22.6 Å². The van der Waals surface area contributed by atoms with Crippen LogP contribution >= 0.6 is 0 Å². The minimum atomic E-state index is -4.51. The summed E-state index contributed by atoms with van der Waals surface area (Å²) in [6, 6.07) is 15.3. The molecule has 3 aromatic carbocycles. The quantitative estimate of drug-likeness (QED) is 0.687. The van der Waals surface area contributed by atoms with Crippen molar-refractivity contribution in [2.75, 3.05) is 0 Å². The molecule has 0 unspecified atom stereocenters. The minimum Gasteiger partial charge on any atom is -0.480 e. The van der Waals surface area contributed by atoms with Gasteiger partial charge in [-0.25, -0.2) is 4.79 Å². The predicted octanol–water partition coefficient (Wildman–Crippen LogP) is 4.28. The van der Waals surface area contributed by atoms with Gasteiger partial charge in [0, 0.05) is 12.0 Å². The molecule has 144 valence electrons. The molecule has 0 heterocycles. The number of hydrogen-bond donors (Lipinski definition) is 2. The zero-order valence-corrected chi connectivity index (χ0v) is 14.5. The maximum absolute atomic E-state index is 12.6. The van der Waals surface area contributed by atoms with Crippen molar-refractivity contribution in [3.63, 3.8) is 0 Å². The summed E-state index contributed by atoms with van der Waals surface area (Å²) in [5.41, 5.74) is -0.176. The molecule has 0 aliphatic heterocycles. The molecular formula is C21H16F3NO3. The number of carbonyl (C=O) groups excluding carboxylic acids is 1. The van der Waals surface area contributed by atoms with Crippen LogP contribution in [0.3, 0.4) is 0 Å². The van der Waals surface area contributed by atoms with E-state index in [9.17, 15) is 27.9 Å². The molecule has 3 aromatic rings. The summed E-state index contributed by atoms with van der Waals surface area (Å²) < 4.78 is 37.9. The van der Waals surface area contributed by atoms with Crippen LogP contribution in [0.2, 0.25) is 0 Å². The van der Waals surface area contributed by atoms with Crippen LogP contribution in [-0.4, -0.2) is 23.0 Å². The van der Waals surface area contributed by atoms with Crippen LogP contribution in [0.15, 0.2) is 66.7 Å². The van der Waals surface area contributed by atoms with Crippen LogP contribution in [0.5, 0.6) is 0 Å². The normalized spacial score (nSPS) is 12.5. The van der Waals surface area contributed by atoms with E-state index in [1.807, 2.05) is 30.3 Å². The van der Waals surface area contributed by atoms with E-state index in [1.54, 1.807) is 12.1 Å². The van der Waals surface area contributed by atoms with E-state index >= 15 is 0 Å². The summed E-state index contributed by atoms with van der Waals surface area (Å²) in [5.74, 6) is -1.98. The summed E-state index contributed by atoms with van der Waals surface area (Å²) in [6.07, 6.45) is -4.46. The molecule has 0 spiro atoms. The summed E-state index contributed by atoms with van der Waals surface area (Å²) in [5, 5.41) is 13.7. The number of alkyl halides is 3. The first-order valence-corrected chi connectivity index (χ1v) is 8.43. The Hall–Kier alpha value is -3.35. The lowest BCUT2D eigenvalue weighted by Gasteiger charge is -2.16. The van der Waals surface area contributed by atoms with Crippen molar-refractivity contribution in [1.29, 1.82) is 0 Å². The lowest BCUT2D eigenvalue weighted by molar-refractivity contribution is -0.139. The van der Waals surface area contributed by atoms with E-state index in [0.29, 0.717) is 0 Å². The van der Waals surface area contributed by atoms with Gasteiger partial charge >= 0.3 is 12.1 Å². The third-order valence-electron chi connectivity index (χ3n) is 4.38. The molecule has 0 saturated carbocycles. The average molecular weight is 387 g/mol. The van der Waals surface area contributed by atoms with Crippen molar-refractivity contribution < 1.29 is 27.9 Å². The number of aliphatic carboxylic acids is 1.